The first-order valence-corrected chi connectivity index (χ1v) is 8.88. The second-order valence-electron chi connectivity index (χ2n) is 5.97. The van der Waals surface area contributed by atoms with Crippen molar-refractivity contribution in [3.05, 3.63) is 84.5 Å². The van der Waals surface area contributed by atoms with Gasteiger partial charge >= 0.3 is 0 Å². The fraction of sp³-hybridized carbons (Fsp3) is 0.0952. The molecule has 0 N–H and O–H groups in total. The number of hydrogen-bond donors (Lipinski definition) is 0. The quantitative estimate of drug-likeness (QED) is 0.691. The number of thiazole rings is 1. The van der Waals surface area contributed by atoms with Crippen LogP contribution in [0.4, 0.5) is 4.39 Å². The molecule has 0 bridgehead atoms. The highest BCUT2D eigenvalue weighted by molar-refractivity contribution is 7.07. The first kappa shape index (κ1) is 18.3. The van der Waals surface area contributed by atoms with Crippen LogP contribution in [-0.4, -0.2) is 4.57 Å². The van der Waals surface area contributed by atoms with Gasteiger partial charge in [-0.1, -0.05) is 35.9 Å². The molecular formula is C21H14FN3OS. The number of hydrogen-bond acceptors (Lipinski definition) is 4. The Balaban J connectivity index is 2.45. The minimum absolute atomic E-state index is 0.162. The molecule has 1 heterocycles. The Morgan fingerprint density at radius 3 is 2.48 bits per heavy atom. The van der Waals surface area contributed by atoms with Gasteiger partial charge < -0.3 is 0 Å². The first-order valence-electron chi connectivity index (χ1n) is 8.06. The molecule has 0 atom stereocenters. The molecule has 4 nitrogen and oxygen atoms in total. The summed E-state index contributed by atoms with van der Waals surface area (Å²) in [5.74, 6) is -0.449. The Labute approximate surface area is 159 Å². The van der Waals surface area contributed by atoms with Crippen molar-refractivity contribution in [1.82, 2.24) is 4.57 Å². The topological polar surface area (TPSA) is 69.6 Å². The van der Waals surface area contributed by atoms with Crippen molar-refractivity contribution in [1.29, 1.82) is 10.5 Å². The van der Waals surface area contributed by atoms with E-state index >= 15 is 0 Å². The van der Waals surface area contributed by atoms with Gasteiger partial charge in [0, 0.05) is 5.56 Å². The summed E-state index contributed by atoms with van der Waals surface area (Å²) in [4.78, 5) is 13.1. The van der Waals surface area contributed by atoms with Crippen LogP contribution in [0.1, 0.15) is 16.7 Å². The number of aromatic nitrogens is 1. The van der Waals surface area contributed by atoms with Crippen LogP contribution in [-0.2, 0) is 0 Å². The fourth-order valence-corrected chi connectivity index (χ4v) is 3.82. The molecule has 0 aliphatic rings. The van der Waals surface area contributed by atoms with Gasteiger partial charge in [0.2, 0.25) is 0 Å². The van der Waals surface area contributed by atoms with E-state index < -0.39 is 11.4 Å². The predicted molar refractivity (Wildman–Crippen MR) is 103 cm³/mol. The molecule has 0 fully saturated rings. The van der Waals surface area contributed by atoms with Crippen molar-refractivity contribution in [3.63, 3.8) is 0 Å². The van der Waals surface area contributed by atoms with Gasteiger partial charge in [-0.05, 0) is 37.6 Å². The standard InChI is InChI=1S/C21H14FN3OS/c1-13-7-8-18(14(2)9-13)25-20(26)19(27-21(25)16(11-23)12-24)10-15-5-3-4-6-17(15)22/h3-10H,1-2H3/b19-10+. The molecular weight excluding hydrogens is 361 g/mol. The lowest BCUT2D eigenvalue weighted by molar-refractivity contribution is 0.625. The van der Waals surface area contributed by atoms with Gasteiger partial charge in [-0.25, -0.2) is 4.39 Å². The van der Waals surface area contributed by atoms with Gasteiger partial charge in [0.1, 0.15) is 22.6 Å². The Bertz CT molecular complexity index is 1290. The summed E-state index contributed by atoms with van der Waals surface area (Å²) >= 11 is 1.00. The summed E-state index contributed by atoms with van der Waals surface area (Å²) in [7, 11) is 0. The lowest BCUT2D eigenvalue weighted by Crippen LogP contribution is -2.31. The van der Waals surface area contributed by atoms with E-state index in [1.54, 1.807) is 24.3 Å². The van der Waals surface area contributed by atoms with E-state index in [-0.39, 0.29) is 20.3 Å². The molecule has 1 aromatic heterocycles. The third-order valence-electron chi connectivity index (χ3n) is 4.05. The van der Waals surface area contributed by atoms with Gasteiger partial charge in [-0.15, -0.1) is 11.3 Å². The average molecular weight is 375 g/mol. The highest BCUT2D eigenvalue weighted by Gasteiger charge is 2.13. The van der Waals surface area contributed by atoms with Gasteiger partial charge in [-0.3, -0.25) is 9.36 Å². The van der Waals surface area contributed by atoms with E-state index in [1.807, 2.05) is 38.1 Å². The van der Waals surface area contributed by atoms with Crippen molar-refractivity contribution in [2.45, 2.75) is 13.8 Å². The minimum Gasteiger partial charge on any atom is -0.267 e. The average Bonchev–Trinajstić information content (AvgIpc) is 2.95. The van der Waals surface area contributed by atoms with E-state index in [2.05, 4.69) is 0 Å². The van der Waals surface area contributed by atoms with E-state index in [4.69, 9.17) is 0 Å². The molecule has 3 rings (SSSR count). The molecule has 0 amide bonds. The van der Waals surface area contributed by atoms with E-state index in [0.29, 0.717) is 5.69 Å². The highest BCUT2D eigenvalue weighted by atomic mass is 32.1. The summed E-state index contributed by atoms with van der Waals surface area (Å²) in [6.45, 7) is 3.79. The van der Waals surface area contributed by atoms with E-state index in [0.717, 1.165) is 22.5 Å². The van der Waals surface area contributed by atoms with Crippen LogP contribution >= 0.6 is 11.3 Å². The van der Waals surface area contributed by atoms with E-state index in [9.17, 15) is 19.7 Å². The normalized spacial score (nSPS) is 11.1. The molecule has 27 heavy (non-hydrogen) atoms. The summed E-state index contributed by atoms with van der Waals surface area (Å²) in [5.41, 5.74) is 2.17. The molecule has 0 unspecified atom stereocenters. The second kappa shape index (κ2) is 7.41. The molecule has 0 aliphatic heterocycles. The number of nitriles is 2. The Kier molecular flexibility index (Phi) is 5.03. The van der Waals surface area contributed by atoms with Crippen LogP contribution in [0.15, 0.2) is 47.3 Å². The smallest absolute Gasteiger partial charge is 0.267 e. The third kappa shape index (κ3) is 3.44. The number of aryl methyl sites for hydroxylation is 2. The van der Waals surface area contributed by atoms with Gasteiger partial charge in [0.05, 0.1) is 10.2 Å². The van der Waals surface area contributed by atoms with Gasteiger partial charge in [0.15, 0.2) is 5.57 Å². The largest absolute Gasteiger partial charge is 0.273 e. The van der Waals surface area contributed by atoms with Crippen molar-refractivity contribution >= 4 is 23.0 Å². The molecule has 132 valence electrons. The predicted octanol–water partition coefficient (Wildman–Crippen LogP) is 2.68. The number of rotatable bonds is 2. The lowest BCUT2D eigenvalue weighted by atomic mass is 10.1. The van der Waals surface area contributed by atoms with Gasteiger partial charge in [-0.2, -0.15) is 10.5 Å². The molecule has 0 aliphatic carbocycles. The summed E-state index contributed by atoms with van der Waals surface area (Å²) in [6.07, 6.45) is 1.44. The molecule has 2 aromatic carbocycles. The molecule has 3 aromatic rings. The zero-order valence-electron chi connectivity index (χ0n) is 14.7. The summed E-state index contributed by atoms with van der Waals surface area (Å²) in [5, 5.41) is 18.6. The molecule has 0 radical (unpaired) electrons. The van der Waals surface area contributed by atoms with Crippen LogP contribution in [0.25, 0.3) is 17.3 Å². The summed E-state index contributed by atoms with van der Waals surface area (Å²) < 4.78 is 15.8. The minimum atomic E-state index is -0.449. The number of halogens is 1. The maximum absolute atomic E-state index is 14.0. The van der Waals surface area contributed by atoms with Gasteiger partial charge in [0.25, 0.3) is 5.56 Å². The van der Waals surface area contributed by atoms with Crippen LogP contribution in [0.5, 0.6) is 0 Å². The maximum atomic E-state index is 14.0. The van der Waals surface area contributed by atoms with Crippen molar-refractivity contribution in [2.24, 2.45) is 0 Å². The lowest BCUT2D eigenvalue weighted by Gasteiger charge is -2.07. The number of benzene rings is 2. The zero-order chi connectivity index (χ0) is 19.6. The number of nitrogens with zero attached hydrogens (tertiary/aromatic N) is 3. The van der Waals surface area contributed by atoms with Crippen LogP contribution < -0.4 is 14.8 Å². The van der Waals surface area contributed by atoms with Crippen LogP contribution in [0, 0.1) is 42.3 Å². The van der Waals surface area contributed by atoms with Crippen LogP contribution in [0.2, 0.25) is 0 Å². The fourth-order valence-electron chi connectivity index (χ4n) is 2.78. The van der Waals surface area contributed by atoms with Crippen molar-refractivity contribution in [3.8, 4) is 17.8 Å². The Morgan fingerprint density at radius 1 is 1.15 bits per heavy atom. The summed E-state index contributed by atoms with van der Waals surface area (Å²) in [6, 6.07) is 15.4. The zero-order valence-corrected chi connectivity index (χ0v) is 15.5. The molecule has 6 heteroatoms. The maximum Gasteiger partial charge on any atom is 0.273 e. The first-order chi connectivity index (χ1) is 13.0. The second-order valence-corrected chi connectivity index (χ2v) is 7.00. The SMILES string of the molecule is Cc1ccc(-n2c(=C(C#N)C#N)s/c(=C/c3ccccc3F)c2=O)c(C)c1. The Morgan fingerprint density at radius 2 is 1.85 bits per heavy atom. The van der Waals surface area contributed by atoms with Crippen LogP contribution in [0.3, 0.4) is 0 Å². The van der Waals surface area contributed by atoms with Crippen molar-refractivity contribution in [2.75, 3.05) is 0 Å². The van der Waals surface area contributed by atoms with E-state index in [1.165, 1.54) is 16.7 Å². The van der Waals surface area contributed by atoms with Crippen molar-refractivity contribution < 1.29 is 4.39 Å². The monoisotopic (exact) mass is 375 g/mol. The molecule has 0 saturated heterocycles. The third-order valence-corrected chi connectivity index (χ3v) is 5.14. The molecule has 0 saturated carbocycles. The Hall–Kier alpha value is -3.48. The molecule has 0 spiro atoms. The highest BCUT2D eigenvalue weighted by Crippen LogP contribution is 2.13.